The fourth-order valence-corrected chi connectivity index (χ4v) is 4.94. The van der Waals surface area contributed by atoms with E-state index in [0.29, 0.717) is 18.2 Å². The number of nitrogens with zero attached hydrogens (tertiary/aromatic N) is 3. The number of carbonyl (C=O) groups excluding carboxylic acids is 2. The average molecular weight is 494 g/mol. The van der Waals surface area contributed by atoms with E-state index in [4.69, 9.17) is 0 Å². The van der Waals surface area contributed by atoms with Crippen LogP contribution in [0.4, 0.5) is 17.3 Å². The molecule has 1 aromatic heterocycles. The fourth-order valence-electron chi connectivity index (χ4n) is 3.98. The monoisotopic (exact) mass is 493 g/mol. The number of anilines is 3. The lowest BCUT2D eigenvalue weighted by Crippen LogP contribution is -2.29. The summed E-state index contributed by atoms with van der Waals surface area (Å²) in [4.78, 5) is 35.1. The van der Waals surface area contributed by atoms with Gasteiger partial charge in [0.1, 0.15) is 0 Å². The minimum Gasteiger partial charge on any atom is -0.326 e. The van der Waals surface area contributed by atoms with Crippen LogP contribution >= 0.6 is 0 Å². The van der Waals surface area contributed by atoms with Crippen LogP contribution < -0.4 is 14.9 Å². The van der Waals surface area contributed by atoms with Crippen LogP contribution in [0.2, 0.25) is 0 Å². The fraction of sp³-hybridized carbons (Fsp3) is 0.280. The number of hydrogen-bond acceptors (Lipinski definition) is 6. The Morgan fingerprint density at radius 1 is 1.09 bits per heavy atom. The summed E-state index contributed by atoms with van der Waals surface area (Å²) in [6.45, 7) is 4.52. The number of rotatable bonds is 8. The van der Waals surface area contributed by atoms with Crippen LogP contribution in [-0.2, 0) is 19.6 Å². The van der Waals surface area contributed by atoms with Gasteiger partial charge in [0, 0.05) is 36.7 Å². The Labute approximate surface area is 204 Å². The molecule has 10 heteroatoms. The van der Waals surface area contributed by atoms with E-state index in [2.05, 4.69) is 33.9 Å². The summed E-state index contributed by atoms with van der Waals surface area (Å²) >= 11 is 0. The highest BCUT2D eigenvalue weighted by atomic mass is 32.2. The van der Waals surface area contributed by atoms with Gasteiger partial charge in [-0.3, -0.25) is 9.59 Å². The molecule has 1 saturated heterocycles. The Balaban J connectivity index is 1.42. The Bertz CT molecular complexity index is 1310. The molecule has 0 bridgehead atoms. The van der Waals surface area contributed by atoms with Crippen molar-refractivity contribution in [3.8, 4) is 0 Å². The lowest BCUT2D eigenvalue weighted by atomic mass is 9.96. The van der Waals surface area contributed by atoms with Crippen LogP contribution in [0.3, 0.4) is 0 Å². The van der Waals surface area contributed by atoms with Crippen LogP contribution in [0.1, 0.15) is 38.2 Å². The molecule has 1 aliphatic heterocycles. The molecule has 3 aromatic rings. The van der Waals surface area contributed by atoms with Gasteiger partial charge in [-0.1, -0.05) is 32.0 Å². The average Bonchev–Trinajstić information content (AvgIpc) is 3.26. The van der Waals surface area contributed by atoms with E-state index in [1.54, 1.807) is 11.0 Å². The van der Waals surface area contributed by atoms with Gasteiger partial charge in [0.2, 0.25) is 17.8 Å². The second kappa shape index (κ2) is 10.2. The number of carbonyl (C=O) groups is 2. The van der Waals surface area contributed by atoms with Crippen molar-refractivity contribution in [2.24, 2.45) is 5.92 Å². The van der Waals surface area contributed by atoms with Crippen LogP contribution in [0.5, 0.6) is 0 Å². The number of aromatic nitrogens is 2. The maximum atomic E-state index is 12.9. The normalized spacial score (nSPS) is 16.7. The van der Waals surface area contributed by atoms with Crippen molar-refractivity contribution < 1.29 is 18.0 Å². The molecule has 0 unspecified atom stereocenters. The van der Waals surface area contributed by atoms with E-state index in [1.807, 2.05) is 24.3 Å². The zero-order valence-corrected chi connectivity index (χ0v) is 20.3. The van der Waals surface area contributed by atoms with E-state index in [-0.39, 0.29) is 29.1 Å². The zero-order chi connectivity index (χ0) is 25.0. The molecular formula is C25H27N5O4S. The van der Waals surface area contributed by atoms with E-state index >= 15 is 0 Å². The smallest absolute Gasteiger partial charge is 0.264 e. The predicted molar refractivity (Wildman–Crippen MR) is 134 cm³/mol. The summed E-state index contributed by atoms with van der Waals surface area (Å²) in [5.41, 5.74) is 2.39. The Hall–Kier alpha value is -3.79. The first-order valence-electron chi connectivity index (χ1n) is 11.4. The van der Waals surface area contributed by atoms with Crippen molar-refractivity contribution in [2.45, 2.75) is 37.5 Å². The first-order chi connectivity index (χ1) is 16.8. The van der Waals surface area contributed by atoms with Gasteiger partial charge < -0.3 is 10.2 Å². The van der Waals surface area contributed by atoms with Gasteiger partial charge in [0.25, 0.3) is 10.0 Å². The highest BCUT2D eigenvalue weighted by molar-refractivity contribution is 7.92. The summed E-state index contributed by atoms with van der Waals surface area (Å²) in [5, 5.41) is 2.80. The van der Waals surface area contributed by atoms with Gasteiger partial charge in [-0.05, 0) is 54.3 Å². The molecule has 0 radical (unpaired) electrons. The summed E-state index contributed by atoms with van der Waals surface area (Å²) in [7, 11) is -3.87. The molecule has 1 aliphatic rings. The maximum Gasteiger partial charge on any atom is 0.264 e. The van der Waals surface area contributed by atoms with Crippen molar-refractivity contribution in [2.75, 3.05) is 21.5 Å². The molecule has 9 nitrogen and oxygen atoms in total. The quantitative estimate of drug-likeness (QED) is 0.493. The summed E-state index contributed by atoms with van der Waals surface area (Å²) in [6.07, 6.45) is 3.93. The molecule has 1 fully saturated rings. The number of benzene rings is 2. The molecular weight excluding hydrogens is 466 g/mol. The first-order valence-corrected chi connectivity index (χ1v) is 12.9. The highest BCUT2D eigenvalue weighted by Crippen LogP contribution is 2.33. The molecule has 2 amide bonds. The molecule has 2 heterocycles. The predicted octanol–water partition coefficient (Wildman–Crippen LogP) is 3.78. The van der Waals surface area contributed by atoms with Crippen molar-refractivity contribution in [1.82, 2.24) is 9.97 Å². The number of hydrogen-bond donors (Lipinski definition) is 2. The molecule has 2 atom stereocenters. The second-order valence-corrected chi connectivity index (χ2v) is 10.1. The van der Waals surface area contributed by atoms with E-state index in [9.17, 15) is 18.0 Å². The van der Waals surface area contributed by atoms with Crippen molar-refractivity contribution in [3.63, 3.8) is 0 Å². The minimum absolute atomic E-state index is 0.00632. The number of amides is 2. The lowest BCUT2D eigenvalue weighted by molar-refractivity contribution is -0.122. The van der Waals surface area contributed by atoms with Crippen LogP contribution in [0, 0.1) is 5.92 Å². The third kappa shape index (κ3) is 5.48. The van der Waals surface area contributed by atoms with Gasteiger partial charge in [-0.2, -0.15) is 0 Å². The molecule has 0 saturated carbocycles. The van der Waals surface area contributed by atoms with Crippen LogP contribution in [-0.4, -0.2) is 36.7 Å². The van der Waals surface area contributed by atoms with Crippen molar-refractivity contribution in [1.29, 1.82) is 0 Å². The number of para-hydroxylation sites is 1. The summed E-state index contributed by atoms with van der Waals surface area (Å²) < 4.78 is 27.4. The van der Waals surface area contributed by atoms with Crippen LogP contribution in [0.25, 0.3) is 0 Å². The minimum atomic E-state index is -3.87. The largest absolute Gasteiger partial charge is 0.326 e. The SMILES string of the molecule is CC[C@@H](C)c1ccccc1N1C[C@H](C(=O)Nc2ccc(S(=O)(=O)Nc3ncccn3)cc2)CC1=O. The lowest BCUT2D eigenvalue weighted by Gasteiger charge is -2.23. The van der Waals surface area contributed by atoms with Gasteiger partial charge in [-0.15, -0.1) is 0 Å². The third-order valence-electron chi connectivity index (χ3n) is 6.09. The summed E-state index contributed by atoms with van der Waals surface area (Å²) in [5.74, 6) is -0.613. The molecule has 0 spiro atoms. The van der Waals surface area contributed by atoms with E-state index in [0.717, 1.165) is 17.7 Å². The second-order valence-electron chi connectivity index (χ2n) is 8.47. The van der Waals surface area contributed by atoms with Gasteiger partial charge in [0.05, 0.1) is 10.8 Å². The molecule has 2 aromatic carbocycles. The highest BCUT2D eigenvalue weighted by Gasteiger charge is 2.36. The number of nitrogens with one attached hydrogen (secondary N) is 2. The summed E-state index contributed by atoms with van der Waals surface area (Å²) in [6, 6.07) is 15.2. The van der Waals surface area contributed by atoms with Crippen LogP contribution in [0.15, 0.2) is 71.9 Å². The third-order valence-corrected chi connectivity index (χ3v) is 7.43. The molecule has 0 aliphatic carbocycles. The van der Waals surface area contributed by atoms with E-state index in [1.165, 1.54) is 36.7 Å². The first kappa shape index (κ1) is 24.3. The molecule has 35 heavy (non-hydrogen) atoms. The molecule has 2 N–H and O–H groups in total. The zero-order valence-electron chi connectivity index (χ0n) is 19.5. The van der Waals surface area contributed by atoms with Gasteiger partial charge in [-0.25, -0.2) is 23.1 Å². The van der Waals surface area contributed by atoms with E-state index < -0.39 is 15.9 Å². The Kier molecular flexibility index (Phi) is 7.11. The molecule has 4 rings (SSSR count). The van der Waals surface area contributed by atoms with Gasteiger partial charge >= 0.3 is 0 Å². The topological polar surface area (TPSA) is 121 Å². The number of sulfonamides is 1. The van der Waals surface area contributed by atoms with Crippen molar-refractivity contribution in [3.05, 3.63) is 72.6 Å². The maximum absolute atomic E-state index is 12.9. The molecule has 182 valence electrons. The Morgan fingerprint density at radius 2 is 1.77 bits per heavy atom. The standard InChI is InChI=1S/C25H27N5O4S/c1-3-17(2)21-7-4-5-8-22(21)30-16-18(15-23(30)31)24(32)28-19-9-11-20(12-10-19)35(33,34)29-25-26-13-6-14-27-25/h4-14,17-18H,3,15-16H2,1-2H3,(H,28,32)(H,26,27,29)/t17-,18-/m1/s1. The van der Waals surface area contributed by atoms with Crippen molar-refractivity contribution >= 4 is 39.2 Å². The van der Waals surface area contributed by atoms with Gasteiger partial charge in [0.15, 0.2) is 0 Å². The Morgan fingerprint density at radius 3 is 2.46 bits per heavy atom.